The van der Waals surface area contributed by atoms with Gasteiger partial charge in [-0.25, -0.2) is 4.79 Å². The van der Waals surface area contributed by atoms with Crippen molar-refractivity contribution < 1.29 is 9.53 Å². The van der Waals surface area contributed by atoms with Crippen LogP contribution >= 0.6 is 24.0 Å². The molecule has 1 aromatic rings. The lowest BCUT2D eigenvalue weighted by Gasteiger charge is -1.90. The number of esters is 1. The van der Waals surface area contributed by atoms with Crippen LogP contribution in [0, 0.1) is 11.8 Å². The molecule has 0 atom stereocenters. The summed E-state index contributed by atoms with van der Waals surface area (Å²) in [4.78, 5) is 11.6. The van der Waals surface area contributed by atoms with Crippen molar-refractivity contribution in [3.63, 3.8) is 0 Å². The van der Waals surface area contributed by atoms with E-state index in [9.17, 15) is 4.79 Å². The fraction of sp³-hybridized carbons (Fsp3) is 0.222. The first-order chi connectivity index (χ1) is 6.27. The average molecular weight is 212 g/mol. The minimum Gasteiger partial charge on any atom is -0.465 e. The second kappa shape index (κ2) is 4.95. The maximum Gasteiger partial charge on any atom is 0.348 e. The minimum atomic E-state index is -0.316. The summed E-state index contributed by atoms with van der Waals surface area (Å²) in [7, 11) is 1.36. The van der Waals surface area contributed by atoms with Crippen LogP contribution < -0.4 is 0 Å². The first kappa shape index (κ1) is 10.2. The summed E-state index contributed by atoms with van der Waals surface area (Å²) >= 11 is 5.29. The van der Waals surface area contributed by atoms with Crippen LogP contribution in [0.1, 0.15) is 15.2 Å². The number of carbonyl (C=O) groups excluding carboxylic acids is 1. The highest BCUT2D eigenvalue weighted by molar-refractivity contribution is 7.80. The molecule has 1 heterocycles. The van der Waals surface area contributed by atoms with E-state index in [1.807, 2.05) is 5.38 Å². The predicted octanol–water partition coefficient (Wildman–Crippen LogP) is 1.82. The zero-order chi connectivity index (χ0) is 9.68. The van der Waals surface area contributed by atoms with Crippen molar-refractivity contribution >= 4 is 29.9 Å². The lowest BCUT2D eigenvalue weighted by atomic mass is 10.3. The predicted molar refractivity (Wildman–Crippen MR) is 56.4 cm³/mol. The number of thiol groups is 1. The van der Waals surface area contributed by atoms with Gasteiger partial charge < -0.3 is 4.74 Å². The van der Waals surface area contributed by atoms with Crippen LogP contribution in [0.3, 0.4) is 0 Å². The molecular weight excluding hydrogens is 204 g/mol. The molecule has 2 nitrogen and oxygen atoms in total. The Labute approximate surface area is 86.3 Å². The smallest absolute Gasteiger partial charge is 0.348 e. The third kappa shape index (κ3) is 2.79. The summed E-state index contributed by atoms with van der Waals surface area (Å²) in [6.45, 7) is 0. The Morgan fingerprint density at radius 1 is 1.77 bits per heavy atom. The molecular formula is C9H8O2S2. The summed E-state index contributed by atoms with van der Waals surface area (Å²) in [5.41, 5.74) is 0.833. The highest BCUT2D eigenvalue weighted by Gasteiger charge is 2.07. The number of hydrogen-bond acceptors (Lipinski definition) is 4. The Morgan fingerprint density at radius 3 is 3.15 bits per heavy atom. The second-order valence-electron chi connectivity index (χ2n) is 2.15. The molecule has 68 valence electrons. The fourth-order valence-electron chi connectivity index (χ4n) is 0.751. The van der Waals surface area contributed by atoms with Gasteiger partial charge in [0.25, 0.3) is 0 Å². The molecule has 0 aliphatic carbocycles. The standard InChI is InChI=1S/C9H8O2S2/c1-11-9(10)8-5-7(6-13-8)3-2-4-12/h5-6,12H,4H2,1H3. The number of carbonyl (C=O) groups is 1. The van der Waals surface area contributed by atoms with E-state index in [4.69, 9.17) is 0 Å². The topological polar surface area (TPSA) is 26.3 Å². The monoisotopic (exact) mass is 212 g/mol. The Bertz CT molecular complexity index is 357. The summed E-state index contributed by atoms with van der Waals surface area (Å²) in [5, 5.41) is 1.82. The molecule has 4 heteroatoms. The van der Waals surface area contributed by atoms with Crippen LogP contribution in [0.2, 0.25) is 0 Å². The summed E-state index contributed by atoms with van der Waals surface area (Å²) in [5.74, 6) is 5.87. The first-order valence-corrected chi connectivity index (χ1v) is 5.05. The van der Waals surface area contributed by atoms with Crippen molar-refractivity contribution in [1.29, 1.82) is 0 Å². The zero-order valence-electron chi connectivity index (χ0n) is 7.03. The molecule has 13 heavy (non-hydrogen) atoms. The van der Waals surface area contributed by atoms with Crippen molar-refractivity contribution in [2.75, 3.05) is 12.9 Å². The molecule has 0 saturated carbocycles. The largest absolute Gasteiger partial charge is 0.465 e. The molecule has 0 aromatic carbocycles. The minimum absolute atomic E-state index is 0.316. The van der Waals surface area contributed by atoms with Gasteiger partial charge in [-0.2, -0.15) is 12.6 Å². The van der Waals surface area contributed by atoms with Gasteiger partial charge >= 0.3 is 5.97 Å². The third-order valence-electron chi connectivity index (χ3n) is 1.30. The number of ether oxygens (including phenoxy) is 1. The zero-order valence-corrected chi connectivity index (χ0v) is 8.74. The summed E-state index contributed by atoms with van der Waals surface area (Å²) in [6.07, 6.45) is 0. The van der Waals surface area contributed by atoms with Crippen LogP contribution in [-0.4, -0.2) is 18.8 Å². The van der Waals surface area contributed by atoms with Gasteiger partial charge in [-0.3, -0.25) is 0 Å². The summed E-state index contributed by atoms with van der Waals surface area (Å²) < 4.78 is 4.56. The molecule has 0 N–H and O–H groups in total. The number of thiophene rings is 1. The Hall–Kier alpha value is -0.920. The Balaban J connectivity index is 2.80. The van der Waals surface area contributed by atoms with Gasteiger partial charge in [-0.05, 0) is 6.07 Å². The quantitative estimate of drug-likeness (QED) is 0.436. The molecule has 0 fully saturated rings. The van der Waals surface area contributed by atoms with Crippen LogP contribution in [0.15, 0.2) is 11.4 Å². The Kier molecular flexibility index (Phi) is 3.87. The van der Waals surface area contributed by atoms with Gasteiger partial charge in [0, 0.05) is 10.9 Å². The van der Waals surface area contributed by atoms with Crippen LogP contribution in [-0.2, 0) is 4.74 Å². The van der Waals surface area contributed by atoms with E-state index in [-0.39, 0.29) is 5.97 Å². The molecule has 0 bridgehead atoms. The van der Waals surface area contributed by atoms with Gasteiger partial charge in [-0.15, -0.1) is 11.3 Å². The van der Waals surface area contributed by atoms with Crippen molar-refractivity contribution in [1.82, 2.24) is 0 Å². The fourth-order valence-corrected chi connectivity index (χ4v) is 1.59. The van der Waals surface area contributed by atoms with E-state index in [2.05, 4.69) is 29.2 Å². The molecule has 0 spiro atoms. The van der Waals surface area contributed by atoms with E-state index >= 15 is 0 Å². The number of hydrogen-bond donors (Lipinski definition) is 1. The van der Waals surface area contributed by atoms with Gasteiger partial charge in [0.15, 0.2) is 0 Å². The molecule has 0 unspecified atom stereocenters. The van der Waals surface area contributed by atoms with Gasteiger partial charge in [0.2, 0.25) is 0 Å². The summed E-state index contributed by atoms with van der Waals surface area (Å²) in [6, 6.07) is 1.72. The number of methoxy groups -OCH3 is 1. The normalized spacial score (nSPS) is 8.77. The van der Waals surface area contributed by atoms with Crippen LogP contribution in [0.25, 0.3) is 0 Å². The van der Waals surface area contributed by atoms with Crippen molar-refractivity contribution in [3.8, 4) is 11.8 Å². The third-order valence-corrected chi connectivity index (χ3v) is 2.37. The van der Waals surface area contributed by atoms with Crippen LogP contribution in [0.5, 0.6) is 0 Å². The molecule has 0 aliphatic heterocycles. The van der Waals surface area contributed by atoms with Crippen LogP contribution in [0.4, 0.5) is 0 Å². The molecule has 1 rings (SSSR count). The highest BCUT2D eigenvalue weighted by Crippen LogP contribution is 2.14. The average Bonchev–Trinajstić information content (AvgIpc) is 2.62. The van der Waals surface area contributed by atoms with Gasteiger partial charge in [0.05, 0.1) is 12.9 Å². The van der Waals surface area contributed by atoms with Gasteiger partial charge in [0.1, 0.15) is 4.88 Å². The number of rotatable bonds is 1. The molecule has 0 aliphatic rings. The van der Waals surface area contributed by atoms with Crippen molar-refractivity contribution in [2.45, 2.75) is 0 Å². The molecule has 0 saturated heterocycles. The van der Waals surface area contributed by atoms with E-state index in [1.54, 1.807) is 6.07 Å². The lowest BCUT2D eigenvalue weighted by molar-refractivity contribution is 0.0606. The second-order valence-corrected chi connectivity index (χ2v) is 3.38. The molecule has 0 radical (unpaired) electrons. The molecule has 1 aromatic heterocycles. The molecule has 0 amide bonds. The lowest BCUT2D eigenvalue weighted by Crippen LogP contribution is -1.96. The first-order valence-electron chi connectivity index (χ1n) is 3.54. The van der Waals surface area contributed by atoms with E-state index in [0.717, 1.165) is 5.56 Å². The maximum absolute atomic E-state index is 11.0. The maximum atomic E-state index is 11.0. The van der Waals surface area contributed by atoms with E-state index in [0.29, 0.717) is 10.6 Å². The van der Waals surface area contributed by atoms with Gasteiger partial charge in [-0.1, -0.05) is 11.8 Å². The van der Waals surface area contributed by atoms with E-state index in [1.165, 1.54) is 18.4 Å². The van der Waals surface area contributed by atoms with E-state index < -0.39 is 0 Å². The van der Waals surface area contributed by atoms with Crippen molar-refractivity contribution in [2.24, 2.45) is 0 Å². The Morgan fingerprint density at radius 2 is 2.54 bits per heavy atom. The highest BCUT2D eigenvalue weighted by atomic mass is 32.1. The SMILES string of the molecule is COC(=O)c1cc(C#CCS)cs1. The van der Waals surface area contributed by atoms with Crippen molar-refractivity contribution in [3.05, 3.63) is 21.9 Å².